The summed E-state index contributed by atoms with van der Waals surface area (Å²) in [5, 5.41) is 9.81. The number of nitrogens with zero attached hydrogens (tertiary/aromatic N) is 3. The van der Waals surface area contributed by atoms with Gasteiger partial charge in [0.1, 0.15) is 5.82 Å². The molecule has 1 aromatic heterocycles. The molecule has 132 valence electrons. The van der Waals surface area contributed by atoms with Gasteiger partial charge in [-0.2, -0.15) is 0 Å². The molecule has 3 rings (SSSR count). The van der Waals surface area contributed by atoms with Crippen LogP contribution < -0.4 is 4.90 Å². The van der Waals surface area contributed by atoms with E-state index in [1.165, 1.54) is 11.8 Å². The van der Waals surface area contributed by atoms with Crippen LogP contribution in [-0.4, -0.2) is 47.3 Å². The van der Waals surface area contributed by atoms with Crippen LogP contribution in [0.15, 0.2) is 29.4 Å². The Bertz CT molecular complexity index is 776. The van der Waals surface area contributed by atoms with Gasteiger partial charge < -0.3 is 14.7 Å². The van der Waals surface area contributed by atoms with Crippen LogP contribution in [0.5, 0.6) is 0 Å². The SMILES string of the molecule is Cc1nc(SCc2cccc(C(=O)O)c2)nc(N2CCOCC2)c1C. The Morgan fingerprint density at radius 2 is 2.04 bits per heavy atom. The highest BCUT2D eigenvalue weighted by molar-refractivity contribution is 7.98. The summed E-state index contributed by atoms with van der Waals surface area (Å²) in [5.41, 5.74) is 3.31. The van der Waals surface area contributed by atoms with Gasteiger partial charge in [-0.15, -0.1) is 0 Å². The van der Waals surface area contributed by atoms with E-state index in [0.717, 1.165) is 35.7 Å². The molecule has 1 aliphatic heterocycles. The Morgan fingerprint density at radius 1 is 1.28 bits per heavy atom. The van der Waals surface area contributed by atoms with Crippen molar-refractivity contribution in [2.45, 2.75) is 24.8 Å². The second kappa shape index (κ2) is 7.84. The molecule has 25 heavy (non-hydrogen) atoms. The highest BCUT2D eigenvalue weighted by Crippen LogP contribution is 2.26. The molecule has 2 aromatic rings. The second-order valence-corrected chi connectivity index (χ2v) is 6.88. The van der Waals surface area contributed by atoms with E-state index in [4.69, 9.17) is 14.8 Å². The number of hydrogen-bond donors (Lipinski definition) is 1. The molecule has 2 heterocycles. The average Bonchev–Trinajstić information content (AvgIpc) is 2.63. The van der Waals surface area contributed by atoms with Gasteiger partial charge in [-0.3, -0.25) is 0 Å². The molecule has 6 nitrogen and oxygen atoms in total. The van der Waals surface area contributed by atoms with E-state index in [9.17, 15) is 4.79 Å². The molecule has 0 radical (unpaired) electrons. The van der Waals surface area contributed by atoms with Crippen LogP contribution in [0.3, 0.4) is 0 Å². The van der Waals surface area contributed by atoms with Crippen molar-refractivity contribution < 1.29 is 14.6 Å². The minimum atomic E-state index is -0.913. The minimum absolute atomic E-state index is 0.299. The lowest BCUT2D eigenvalue weighted by molar-refractivity contribution is 0.0696. The first-order valence-corrected chi connectivity index (χ1v) is 9.16. The number of morpholine rings is 1. The van der Waals surface area contributed by atoms with Gasteiger partial charge in [0.05, 0.1) is 18.8 Å². The number of aryl methyl sites for hydroxylation is 1. The number of aromatic carboxylic acids is 1. The quantitative estimate of drug-likeness (QED) is 0.650. The van der Waals surface area contributed by atoms with Crippen molar-refractivity contribution in [1.82, 2.24) is 9.97 Å². The van der Waals surface area contributed by atoms with Crippen molar-refractivity contribution >= 4 is 23.5 Å². The monoisotopic (exact) mass is 359 g/mol. The maximum atomic E-state index is 11.1. The number of ether oxygens (including phenoxy) is 1. The van der Waals surface area contributed by atoms with Gasteiger partial charge in [0.25, 0.3) is 0 Å². The van der Waals surface area contributed by atoms with Crippen LogP contribution in [-0.2, 0) is 10.5 Å². The summed E-state index contributed by atoms with van der Waals surface area (Å²) in [4.78, 5) is 22.6. The highest BCUT2D eigenvalue weighted by Gasteiger charge is 2.18. The van der Waals surface area contributed by atoms with Crippen molar-refractivity contribution in [3.05, 3.63) is 46.6 Å². The van der Waals surface area contributed by atoms with Gasteiger partial charge in [-0.25, -0.2) is 14.8 Å². The van der Waals surface area contributed by atoms with Gasteiger partial charge in [0, 0.05) is 30.1 Å². The van der Waals surface area contributed by atoms with Crippen LogP contribution in [0, 0.1) is 13.8 Å². The zero-order chi connectivity index (χ0) is 17.8. The van der Waals surface area contributed by atoms with Crippen LogP contribution in [0.25, 0.3) is 0 Å². The Hall–Kier alpha value is -2.12. The van der Waals surface area contributed by atoms with E-state index < -0.39 is 5.97 Å². The van der Waals surface area contributed by atoms with Crippen molar-refractivity contribution in [1.29, 1.82) is 0 Å². The van der Waals surface area contributed by atoms with Gasteiger partial charge in [0.15, 0.2) is 5.16 Å². The lowest BCUT2D eigenvalue weighted by atomic mass is 10.1. The maximum absolute atomic E-state index is 11.1. The van der Waals surface area contributed by atoms with Crippen LogP contribution in [0.4, 0.5) is 5.82 Å². The lowest BCUT2D eigenvalue weighted by Gasteiger charge is -2.29. The zero-order valence-corrected chi connectivity index (χ0v) is 15.2. The number of carbonyl (C=O) groups is 1. The molecule has 1 fully saturated rings. The summed E-state index contributed by atoms with van der Waals surface area (Å²) in [7, 11) is 0. The maximum Gasteiger partial charge on any atom is 0.335 e. The molecular formula is C18H21N3O3S. The van der Waals surface area contributed by atoms with Crippen LogP contribution in [0.2, 0.25) is 0 Å². The summed E-state index contributed by atoms with van der Waals surface area (Å²) in [5.74, 6) is 0.688. The number of carboxylic acid groups (broad SMARTS) is 1. The van der Waals surface area contributed by atoms with Gasteiger partial charge >= 0.3 is 5.97 Å². The van der Waals surface area contributed by atoms with Crippen LogP contribution >= 0.6 is 11.8 Å². The zero-order valence-electron chi connectivity index (χ0n) is 14.4. The first kappa shape index (κ1) is 17.7. The van der Waals surface area contributed by atoms with Crippen molar-refractivity contribution in [2.75, 3.05) is 31.2 Å². The van der Waals surface area contributed by atoms with Gasteiger partial charge in [-0.05, 0) is 31.5 Å². The highest BCUT2D eigenvalue weighted by atomic mass is 32.2. The van der Waals surface area contributed by atoms with Crippen LogP contribution in [0.1, 0.15) is 27.2 Å². The molecule has 0 amide bonds. The molecule has 0 spiro atoms. The van der Waals surface area contributed by atoms with Crippen molar-refractivity contribution in [3.8, 4) is 0 Å². The number of carboxylic acids is 1. The van der Waals surface area contributed by atoms with Crippen molar-refractivity contribution in [2.24, 2.45) is 0 Å². The number of hydrogen-bond acceptors (Lipinski definition) is 6. The summed E-state index contributed by atoms with van der Waals surface area (Å²) in [6.45, 7) is 7.14. The molecule has 0 bridgehead atoms. The summed E-state index contributed by atoms with van der Waals surface area (Å²) in [6.07, 6.45) is 0. The topological polar surface area (TPSA) is 75.5 Å². The second-order valence-electron chi connectivity index (χ2n) is 5.93. The molecule has 0 atom stereocenters. The fraction of sp³-hybridized carbons (Fsp3) is 0.389. The van der Waals surface area contributed by atoms with E-state index in [-0.39, 0.29) is 0 Å². The number of benzene rings is 1. The van der Waals surface area contributed by atoms with E-state index in [0.29, 0.717) is 29.7 Å². The molecule has 1 aliphatic rings. The summed E-state index contributed by atoms with van der Waals surface area (Å²) in [6, 6.07) is 6.97. The summed E-state index contributed by atoms with van der Waals surface area (Å²) < 4.78 is 5.42. The fourth-order valence-corrected chi connectivity index (χ4v) is 3.51. The average molecular weight is 359 g/mol. The first-order chi connectivity index (χ1) is 12.0. The van der Waals surface area contributed by atoms with E-state index >= 15 is 0 Å². The molecule has 0 unspecified atom stereocenters. The third-order valence-electron chi connectivity index (χ3n) is 4.20. The van der Waals surface area contributed by atoms with E-state index in [1.807, 2.05) is 19.9 Å². The Balaban J connectivity index is 1.77. The number of thioether (sulfide) groups is 1. The largest absolute Gasteiger partial charge is 0.478 e. The third kappa shape index (κ3) is 4.29. The lowest BCUT2D eigenvalue weighted by Crippen LogP contribution is -2.37. The van der Waals surface area contributed by atoms with Crippen molar-refractivity contribution in [3.63, 3.8) is 0 Å². The number of anilines is 1. The van der Waals surface area contributed by atoms with Gasteiger partial charge in [-0.1, -0.05) is 23.9 Å². The Morgan fingerprint density at radius 3 is 2.76 bits per heavy atom. The Kier molecular flexibility index (Phi) is 5.55. The minimum Gasteiger partial charge on any atom is -0.478 e. The molecule has 1 saturated heterocycles. The molecule has 1 aromatic carbocycles. The number of aromatic nitrogens is 2. The number of rotatable bonds is 5. The predicted octanol–water partition coefficient (Wildman–Crippen LogP) is 2.92. The molecular weight excluding hydrogens is 338 g/mol. The first-order valence-electron chi connectivity index (χ1n) is 8.17. The normalized spacial score (nSPS) is 14.6. The van der Waals surface area contributed by atoms with E-state index in [1.54, 1.807) is 18.2 Å². The third-order valence-corrected chi connectivity index (χ3v) is 5.11. The fourth-order valence-electron chi connectivity index (χ4n) is 2.68. The smallest absolute Gasteiger partial charge is 0.335 e. The summed E-state index contributed by atoms with van der Waals surface area (Å²) >= 11 is 1.52. The standard InChI is InChI=1S/C18H21N3O3S/c1-12-13(2)19-18(20-16(12)21-6-8-24-9-7-21)25-11-14-4-3-5-15(10-14)17(22)23/h3-5,10H,6-9,11H2,1-2H3,(H,22,23). The molecule has 1 N–H and O–H groups in total. The molecule has 0 saturated carbocycles. The molecule has 7 heteroatoms. The Labute approximate surface area is 151 Å². The molecule has 0 aliphatic carbocycles. The van der Waals surface area contributed by atoms with E-state index in [2.05, 4.69) is 9.88 Å². The van der Waals surface area contributed by atoms with Gasteiger partial charge in [0.2, 0.25) is 0 Å². The predicted molar refractivity (Wildman–Crippen MR) is 97.5 cm³/mol.